The van der Waals surface area contributed by atoms with E-state index in [-0.39, 0.29) is 11.6 Å². The Hall–Kier alpha value is -3.98. The van der Waals surface area contributed by atoms with Gasteiger partial charge in [-0.15, -0.1) is 0 Å². The molecule has 0 fully saturated rings. The van der Waals surface area contributed by atoms with Crippen LogP contribution >= 0.6 is 11.6 Å². The van der Waals surface area contributed by atoms with E-state index < -0.39 is 11.0 Å². The normalized spacial score (nSPS) is 15.1. The number of halogens is 1. The topological polar surface area (TPSA) is 110 Å². The molecule has 0 radical (unpaired) electrons. The Balaban J connectivity index is 1.56. The van der Waals surface area contributed by atoms with Gasteiger partial charge in [0.1, 0.15) is 5.69 Å². The third-order valence-electron chi connectivity index (χ3n) is 5.75. The molecule has 0 aliphatic carbocycles. The molecule has 1 aliphatic rings. The highest BCUT2D eigenvalue weighted by Crippen LogP contribution is 2.43. The number of carbonyl (C=O) groups is 1. The number of non-ortho nitro benzene ring substituents is 1. The number of imidazole rings is 1. The van der Waals surface area contributed by atoms with Crippen LogP contribution in [-0.2, 0) is 6.54 Å². The SMILES string of the molecule is O=C1c2[nH]nc(-c3ccc(Cl)cc3)c2C(c2cccc([N+](=O)[O-])c2)N1CCCn1ccnc1. The number of nitro benzene ring substituents is 1. The minimum absolute atomic E-state index is 0.0247. The maximum Gasteiger partial charge on any atom is 0.273 e. The summed E-state index contributed by atoms with van der Waals surface area (Å²) < 4.78 is 1.95. The Morgan fingerprint density at radius 2 is 1.97 bits per heavy atom. The number of H-pyrrole nitrogens is 1. The minimum Gasteiger partial charge on any atom is -0.337 e. The van der Waals surface area contributed by atoms with Gasteiger partial charge in [-0.2, -0.15) is 5.10 Å². The molecule has 10 heteroatoms. The molecule has 2 aromatic heterocycles. The second kappa shape index (κ2) is 8.51. The molecule has 4 aromatic rings. The van der Waals surface area contributed by atoms with E-state index in [0.717, 1.165) is 5.56 Å². The standard InChI is InChI=1S/C23H19ClN6O3/c24-17-7-5-15(6-8-17)20-19-21(27-26-20)23(31)29(11-2-10-28-12-9-25-14-28)22(19)16-3-1-4-18(13-16)30(32)33/h1,3-9,12-14,22H,2,10-11H2,(H,26,27). The summed E-state index contributed by atoms with van der Waals surface area (Å²) in [5, 5.41) is 19.3. The highest BCUT2D eigenvalue weighted by atomic mass is 35.5. The van der Waals surface area contributed by atoms with Crippen LogP contribution in [-0.4, -0.2) is 42.0 Å². The van der Waals surface area contributed by atoms with Crippen LogP contribution in [0, 0.1) is 10.1 Å². The molecule has 0 bridgehead atoms. The summed E-state index contributed by atoms with van der Waals surface area (Å²) in [6.45, 7) is 1.16. The van der Waals surface area contributed by atoms with E-state index in [1.807, 2.05) is 29.0 Å². The molecule has 33 heavy (non-hydrogen) atoms. The molecule has 1 amide bonds. The number of amides is 1. The summed E-state index contributed by atoms with van der Waals surface area (Å²) in [4.78, 5) is 30.2. The smallest absolute Gasteiger partial charge is 0.273 e. The van der Waals surface area contributed by atoms with Gasteiger partial charge in [-0.3, -0.25) is 20.0 Å². The van der Waals surface area contributed by atoms with Gasteiger partial charge in [0.25, 0.3) is 11.6 Å². The van der Waals surface area contributed by atoms with Crippen molar-refractivity contribution >= 4 is 23.2 Å². The third-order valence-corrected chi connectivity index (χ3v) is 6.00. The van der Waals surface area contributed by atoms with Gasteiger partial charge in [0.05, 0.1) is 23.0 Å². The van der Waals surface area contributed by atoms with Crippen molar-refractivity contribution in [1.82, 2.24) is 24.6 Å². The van der Waals surface area contributed by atoms with Crippen molar-refractivity contribution in [3.8, 4) is 11.3 Å². The summed E-state index contributed by atoms with van der Waals surface area (Å²) in [5.41, 5.74) is 3.19. The van der Waals surface area contributed by atoms with Crippen LogP contribution in [0.4, 0.5) is 5.69 Å². The maximum absolute atomic E-state index is 13.4. The lowest BCUT2D eigenvalue weighted by atomic mass is 9.95. The maximum atomic E-state index is 13.4. The van der Waals surface area contributed by atoms with Gasteiger partial charge in [-0.25, -0.2) is 4.98 Å². The molecule has 1 atom stereocenters. The van der Waals surface area contributed by atoms with Crippen molar-refractivity contribution in [3.63, 3.8) is 0 Å². The predicted molar refractivity (Wildman–Crippen MR) is 122 cm³/mol. The van der Waals surface area contributed by atoms with E-state index in [2.05, 4.69) is 15.2 Å². The molecule has 9 nitrogen and oxygen atoms in total. The molecule has 3 heterocycles. The largest absolute Gasteiger partial charge is 0.337 e. The van der Waals surface area contributed by atoms with Gasteiger partial charge >= 0.3 is 0 Å². The van der Waals surface area contributed by atoms with Crippen LogP contribution in [0.25, 0.3) is 11.3 Å². The van der Waals surface area contributed by atoms with Crippen molar-refractivity contribution in [1.29, 1.82) is 0 Å². The molecule has 5 rings (SSSR count). The Kier molecular flexibility index (Phi) is 5.39. The van der Waals surface area contributed by atoms with Crippen LogP contribution < -0.4 is 0 Å². The number of nitrogens with one attached hydrogen (secondary N) is 1. The van der Waals surface area contributed by atoms with Crippen LogP contribution in [0.5, 0.6) is 0 Å². The third kappa shape index (κ3) is 3.87. The highest BCUT2D eigenvalue weighted by molar-refractivity contribution is 6.30. The Morgan fingerprint density at radius 1 is 1.15 bits per heavy atom. The fourth-order valence-electron chi connectivity index (χ4n) is 4.25. The summed E-state index contributed by atoms with van der Waals surface area (Å²) >= 11 is 6.05. The molecule has 1 aliphatic heterocycles. The number of nitro groups is 1. The second-order valence-electron chi connectivity index (χ2n) is 7.78. The summed E-state index contributed by atoms with van der Waals surface area (Å²) in [6.07, 6.45) is 6.01. The molecule has 0 saturated heterocycles. The Bertz CT molecular complexity index is 1320. The zero-order valence-corrected chi connectivity index (χ0v) is 18.1. The zero-order valence-electron chi connectivity index (χ0n) is 17.4. The molecule has 166 valence electrons. The first-order valence-corrected chi connectivity index (χ1v) is 10.8. The molecule has 1 unspecified atom stereocenters. The average molecular weight is 463 g/mol. The van der Waals surface area contributed by atoms with Gasteiger partial charge in [0, 0.05) is 53.8 Å². The first-order chi connectivity index (χ1) is 16.0. The fraction of sp³-hybridized carbons (Fsp3) is 0.174. The van der Waals surface area contributed by atoms with Crippen LogP contribution in [0.15, 0.2) is 67.3 Å². The first kappa shape index (κ1) is 20.9. The number of aromatic amines is 1. The van der Waals surface area contributed by atoms with Gasteiger partial charge < -0.3 is 9.47 Å². The van der Waals surface area contributed by atoms with E-state index in [0.29, 0.717) is 47.0 Å². The molecular weight excluding hydrogens is 444 g/mol. The van der Waals surface area contributed by atoms with Crippen molar-refractivity contribution in [2.45, 2.75) is 19.0 Å². The van der Waals surface area contributed by atoms with E-state index in [9.17, 15) is 14.9 Å². The predicted octanol–water partition coefficient (Wildman–Crippen LogP) is 4.47. The highest BCUT2D eigenvalue weighted by Gasteiger charge is 2.42. The number of aromatic nitrogens is 4. The van der Waals surface area contributed by atoms with Gasteiger partial charge in [0.15, 0.2) is 0 Å². The Labute approximate surface area is 193 Å². The average Bonchev–Trinajstić information content (AvgIpc) is 3.54. The summed E-state index contributed by atoms with van der Waals surface area (Å²) in [7, 11) is 0. The molecule has 0 saturated carbocycles. The minimum atomic E-state index is -0.500. The lowest BCUT2D eigenvalue weighted by molar-refractivity contribution is -0.384. The molecular formula is C23H19ClN6O3. The number of rotatable bonds is 7. The number of carbonyl (C=O) groups excluding carboxylic acids is 1. The van der Waals surface area contributed by atoms with E-state index in [1.54, 1.807) is 35.6 Å². The van der Waals surface area contributed by atoms with Crippen LogP contribution in [0.3, 0.4) is 0 Å². The fourth-order valence-corrected chi connectivity index (χ4v) is 4.38. The summed E-state index contributed by atoms with van der Waals surface area (Å²) in [6, 6.07) is 13.1. The zero-order chi connectivity index (χ0) is 22.9. The number of benzene rings is 2. The van der Waals surface area contributed by atoms with Crippen molar-refractivity contribution < 1.29 is 9.72 Å². The monoisotopic (exact) mass is 462 g/mol. The summed E-state index contributed by atoms with van der Waals surface area (Å²) in [5.74, 6) is -0.181. The van der Waals surface area contributed by atoms with Gasteiger partial charge in [0.2, 0.25) is 0 Å². The Morgan fingerprint density at radius 3 is 2.70 bits per heavy atom. The number of nitrogens with zero attached hydrogens (tertiary/aromatic N) is 5. The number of fused-ring (bicyclic) bond motifs is 1. The van der Waals surface area contributed by atoms with Crippen LogP contribution in [0.1, 0.15) is 34.1 Å². The number of hydrogen-bond donors (Lipinski definition) is 1. The van der Waals surface area contributed by atoms with Crippen molar-refractivity contribution in [3.05, 3.63) is 99.2 Å². The molecule has 1 N–H and O–H groups in total. The molecule has 0 spiro atoms. The second-order valence-corrected chi connectivity index (χ2v) is 8.21. The molecule has 2 aromatic carbocycles. The van der Waals surface area contributed by atoms with E-state index in [1.165, 1.54) is 12.1 Å². The van der Waals surface area contributed by atoms with Crippen molar-refractivity contribution in [2.24, 2.45) is 0 Å². The number of aryl methyl sites for hydroxylation is 1. The van der Waals surface area contributed by atoms with Crippen molar-refractivity contribution in [2.75, 3.05) is 6.54 Å². The van der Waals surface area contributed by atoms with E-state index in [4.69, 9.17) is 11.6 Å². The lowest BCUT2D eigenvalue weighted by Crippen LogP contribution is -2.31. The van der Waals surface area contributed by atoms with Gasteiger partial charge in [-0.1, -0.05) is 35.9 Å². The van der Waals surface area contributed by atoms with Crippen LogP contribution in [0.2, 0.25) is 5.02 Å². The van der Waals surface area contributed by atoms with Gasteiger partial charge in [-0.05, 0) is 24.1 Å². The quantitative estimate of drug-likeness (QED) is 0.322. The van der Waals surface area contributed by atoms with E-state index >= 15 is 0 Å². The lowest BCUT2D eigenvalue weighted by Gasteiger charge is -2.26. The first-order valence-electron chi connectivity index (χ1n) is 10.4. The number of hydrogen-bond acceptors (Lipinski definition) is 5.